The lowest BCUT2D eigenvalue weighted by molar-refractivity contribution is -0.0303. The maximum atomic E-state index is 6.11. The first kappa shape index (κ1) is 13.8. The predicted octanol–water partition coefficient (Wildman–Crippen LogP) is 3.58. The highest BCUT2D eigenvalue weighted by Gasteiger charge is 2.34. The summed E-state index contributed by atoms with van der Waals surface area (Å²) in [6, 6.07) is 0.819. The van der Waals surface area contributed by atoms with E-state index < -0.39 is 0 Å². The van der Waals surface area contributed by atoms with E-state index in [1.54, 1.807) is 0 Å². The van der Waals surface area contributed by atoms with Crippen LogP contribution in [0, 0.1) is 0 Å². The molecule has 2 nitrogen and oxygen atoms in total. The molecule has 0 bridgehead atoms. The summed E-state index contributed by atoms with van der Waals surface area (Å²) >= 11 is 3.54. The Bertz CT molecular complexity index is 244. The molecule has 0 aromatic carbocycles. The third-order valence-electron chi connectivity index (χ3n) is 4.16. The molecule has 0 amide bonds. The molecule has 0 aliphatic carbocycles. The van der Waals surface area contributed by atoms with Gasteiger partial charge >= 0.3 is 0 Å². The SMILES string of the molecule is CC1(C)CCC(CN2CCCC2CCCBr)O1. The molecule has 17 heavy (non-hydrogen) atoms. The van der Waals surface area contributed by atoms with Gasteiger partial charge in [-0.2, -0.15) is 0 Å². The topological polar surface area (TPSA) is 12.5 Å². The second-order valence-corrected chi connectivity index (χ2v) is 6.95. The maximum Gasteiger partial charge on any atom is 0.0710 e. The van der Waals surface area contributed by atoms with Gasteiger partial charge in [0.1, 0.15) is 0 Å². The van der Waals surface area contributed by atoms with Crippen LogP contribution in [0.15, 0.2) is 0 Å². The van der Waals surface area contributed by atoms with Crippen LogP contribution in [0.5, 0.6) is 0 Å². The molecule has 2 heterocycles. The van der Waals surface area contributed by atoms with Gasteiger partial charge in [-0.1, -0.05) is 15.9 Å². The van der Waals surface area contributed by atoms with E-state index in [-0.39, 0.29) is 5.60 Å². The van der Waals surface area contributed by atoms with Crippen LogP contribution in [-0.2, 0) is 4.74 Å². The first-order valence-corrected chi connectivity index (χ1v) is 8.21. The van der Waals surface area contributed by atoms with Crippen molar-refractivity contribution in [2.45, 2.75) is 70.1 Å². The first-order valence-electron chi connectivity index (χ1n) is 7.08. The van der Waals surface area contributed by atoms with Crippen molar-refractivity contribution >= 4 is 15.9 Å². The molecule has 2 fully saturated rings. The summed E-state index contributed by atoms with van der Waals surface area (Å²) < 4.78 is 6.11. The molecular formula is C14H26BrNO. The fourth-order valence-electron chi connectivity index (χ4n) is 3.24. The normalized spacial score (nSPS) is 33.4. The zero-order valence-electron chi connectivity index (χ0n) is 11.3. The van der Waals surface area contributed by atoms with E-state index in [4.69, 9.17) is 4.74 Å². The van der Waals surface area contributed by atoms with Gasteiger partial charge in [-0.3, -0.25) is 4.90 Å². The molecule has 2 atom stereocenters. The standard InChI is InChI=1S/C14H26BrNO/c1-14(2)8-7-13(17-14)11-16-10-4-6-12(16)5-3-9-15/h12-13H,3-11H2,1-2H3. The monoisotopic (exact) mass is 303 g/mol. The summed E-state index contributed by atoms with van der Waals surface area (Å²) in [6.45, 7) is 6.89. The summed E-state index contributed by atoms with van der Waals surface area (Å²) in [4.78, 5) is 2.68. The van der Waals surface area contributed by atoms with E-state index in [0.717, 1.165) is 17.9 Å². The predicted molar refractivity (Wildman–Crippen MR) is 75.8 cm³/mol. The maximum absolute atomic E-state index is 6.11. The Kier molecular flexibility index (Phi) is 4.90. The van der Waals surface area contributed by atoms with E-state index in [1.807, 2.05) is 0 Å². The van der Waals surface area contributed by atoms with Crippen molar-refractivity contribution in [3.8, 4) is 0 Å². The highest BCUT2D eigenvalue weighted by atomic mass is 79.9. The van der Waals surface area contributed by atoms with Crippen LogP contribution in [-0.4, -0.2) is 41.1 Å². The number of halogens is 1. The number of ether oxygens (including phenoxy) is 1. The van der Waals surface area contributed by atoms with Crippen LogP contribution in [0.4, 0.5) is 0 Å². The van der Waals surface area contributed by atoms with Crippen LogP contribution < -0.4 is 0 Å². The quantitative estimate of drug-likeness (QED) is 0.720. The molecule has 2 aliphatic rings. The van der Waals surface area contributed by atoms with Gasteiger partial charge in [-0.15, -0.1) is 0 Å². The van der Waals surface area contributed by atoms with Crippen molar-refractivity contribution in [2.24, 2.45) is 0 Å². The Hall–Kier alpha value is 0.400. The Morgan fingerprint density at radius 3 is 2.82 bits per heavy atom. The Balaban J connectivity index is 1.78. The molecule has 0 radical (unpaired) electrons. The highest BCUT2D eigenvalue weighted by Crippen LogP contribution is 2.31. The molecule has 3 heteroatoms. The number of rotatable bonds is 5. The van der Waals surface area contributed by atoms with E-state index in [2.05, 4.69) is 34.7 Å². The van der Waals surface area contributed by atoms with E-state index in [0.29, 0.717) is 6.10 Å². The minimum absolute atomic E-state index is 0.121. The lowest BCUT2D eigenvalue weighted by Crippen LogP contribution is -2.37. The number of hydrogen-bond donors (Lipinski definition) is 0. The van der Waals surface area contributed by atoms with Crippen LogP contribution in [0.2, 0.25) is 0 Å². The lowest BCUT2D eigenvalue weighted by atomic mass is 10.1. The molecule has 2 rings (SSSR count). The number of hydrogen-bond acceptors (Lipinski definition) is 2. The van der Waals surface area contributed by atoms with Crippen LogP contribution in [0.3, 0.4) is 0 Å². The Morgan fingerprint density at radius 2 is 2.18 bits per heavy atom. The average molecular weight is 304 g/mol. The minimum Gasteiger partial charge on any atom is -0.371 e. The van der Waals surface area contributed by atoms with Gasteiger partial charge in [-0.05, 0) is 58.9 Å². The van der Waals surface area contributed by atoms with E-state index >= 15 is 0 Å². The zero-order valence-corrected chi connectivity index (χ0v) is 12.8. The molecule has 100 valence electrons. The lowest BCUT2D eigenvalue weighted by Gasteiger charge is -2.28. The fourth-order valence-corrected chi connectivity index (χ4v) is 3.57. The summed E-state index contributed by atoms with van der Waals surface area (Å²) in [6.07, 6.45) is 8.37. The molecule has 2 saturated heterocycles. The second-order valence-electron chi connectivity index (χ2n) is 6.16. The van der Waals surface area contributed by atoms with E-state index in [9.17, 15) is 0 Å². The molecule has 0 saturated carbocycles. The molecular weight excluding hydrogens is 278 g/mol. The van der Waals surface area contributed by atoms with Crippen LogP contribution >= 0.6 is 15.9 Å². The van der Waals surface area contributed by atoms with Crippen molar-refractivity contribution in [2.75, 3.05) is 18.4 Å². The van der Waals surface area contributed by atoms with Gasteiger partial charge in [0, 0.05) is 17.9 Å². The van der Waals surface area contributed by atoms with Gasteiger partial charge in [0.2, 0.25) is 0 Å². The van der Waals surface area contributed by atoms with Crippen LogP contribution in [0.1, 0.15) is 52.4 Å². The summed E-state index contributed by atoms with van der Waals surface area (Å²) in [5.41, 5.74) is 0.121. The summed E-state index contributed by atoms with van der Waals surface area (Å²) in [5.74, 6) is 0. The van der Waals surface area contributed by atoms with Gasteiger partial charge in [0.15, 0.2) is 0 Å². The molecule has 0 aromatic rings. The van der Waals surface area contributed by atoms with Crippen molar-refractivity contribution in [3.05, 3.63) is 0 Å². The summed E-state index contributed by atoms with van der Waals surface area (Å²) in [7, 11) is 0. The second kappa shape index (κ2) is 6.03. The van der Waals surface area contributed by atoms with Crippen LogP contribution in [0.25, 0.3) is 0 Å². The molecule has 0 N–H and O–H groups in total. The number of likely N-dealkylation sites (tertiary alicyclic amines) is 1. The largest absolute Gasteiger partial charge is 0.371 e. The van der Waals surface area contributed by atoms with Crippen molar-refractivity contribution < 1.29 is 4.74 Å². The third-order valence-corrected chi connectivity index (χ3v) is 4.72. The Labute approximate surface area is 114 Å². The number of nitrogens with zero attached hydrogens (tertiary/aromatic N) is 1. The smallest absolute Gasteiger partial charge is 0.0710 e. The minimum atomic E-state index is 0.121. The summed E-state index contributed by atoms with van der Waals surface area (Å²) in [5, 5.41) is 1.14. The molecule has 0 aromatic heterocycles. The fraction of sp³-hybridized carbons (Fsp3) is 1.00. The van der Waals surface area contributed by atoms with Crippen molar-refractivity contribution in [3.63, 3.8) is 0 Å². The Morgan fingerprint density at radius 1 is 1.35 bits per heavy atom. The molecule has 2 unspecified atom stereocenters. The molecule has 0 spiro atoms. The average Bonchev–Trinajstić information content (AvgIpc) is 2.83. The van der Waals surface area contributed by atoms with Crippen molar-refractivity contribution in [1.82, 2.24) is 4.90 Å². The van der Waals surface area contributed by atoms with E-state index in [1.165, 1.54) is 45.1 Å². The van der Waals surface area contributed by atoms with Gasteiger partial charge in [-0.25, -0.2) is 0 Å². The van der Waals surface area contributed by atoms with Crippen molar-refractivity contribution in [1.29, 1.82) is 0 Å². The first-order chi connectivity index (χ1) is 8.11. The van der Waals surface area contributed by atoms with Gasteiger partial charge in [0.25, 0.3) is 0 Å². The van der Waals surface area contributed by atoms with Gasteiger partial charge in [0.05, 0.1) is 11.7 Å². The highest BCUT2D eigenvalue weighted by molar-refractivity contribution is 9.09. The van der Waals surface area contributed by atoms with Gasteiger partial charge < -0.3 is 4.74 Å². The third kappa shape index (κ3) is 3.93. The molecule has 2 aliphatic heterocycles. The zero-order chi connectivity index (χ0) is 12.3. The number of alkyl halides is 1.